The number of aliphatic hydroxyl groups is 1. The summed E-state index contributed by atoms with van der Waals surface area (Å²) in [6, 6.07) is 13.6. The standard InChI is InChI=1S/C30H38N2O4/c1-6-19-30(2,3)20-7-8-22-9-11-23(12-10-22)13-14-24-15-17-25(18-16-24)29(36)32(5)27(26(34)21-33)28(35)31-4/h9-12,15-18,27,33H,6-8,19-21H2,1-5H3,(H,31,35). The Labute approximate surface area is 215 Å². The molecule has 6 heteroatoms. The fraction of sp³-hybridized carbons (Fsp3) is 0.433. The van der Waals surface area contributed by atoms with E-state index in [0.717, 1.165) is 22.4 Å². The molecule has 0 aliphatic carbocycles. The maximum absolute atomic E-state index is 12.8. The number of ketones is 1. The molecular weight excluding hydrogens is 452 g/mol. The molecule has 0 fully saturated rings. The van der Waals surface area contributed by atoms with Crippen molar-refractivity contribution < 1.29 is 19.5 Å². The first-order valence-corrected chi connectivity index (χ1v) is 12.4. The van der Waals surface area contributed by atoms with Gasteiger partial charge in [0.05, 0.1) is 0 Å². The molecule has 6 nitrogen and oxygen atoms in total. The third kappa shape index (κ3) is 8.35. The van der Waals surface area contributed by atoms with E-state index in [1.807, 2.05) is 12.1 Å². The van der Waals surface area contributed by atoms with Crippen LogP contribution in [0, 0.1) is 17.3 Å². The van der Waals surface area contributed by atoms with Gasteiger partial charge in [0.2, 0.25) is 5.91 Å². The van der Waals surface area contributed by atoms with Crippen molar-refractivity contribution in [1.82, 2.24) is 10.2 Å². The summed E-state index contributed by atoms with van der Waals surface area (Å²) in [7, 11) is 2.73. The third-order valence-corrected chi connectivity index (χ3v) is 6.35. The first-order valence-electron chi connectivity index (χ1n) is 12.4. The van der Waals surface area contributed by atoms with Gasteiger partial charge >= 0.3 is 0 Å². The molecule has 2 aromatic rings. The highest BCUT2D eigenvalue weighted by molar-refractivity contribution is 6.10. The number of aliphatic hydroxyl groups excluding tert-OH is 1. The minimum absolute atomic E-state index is 0.314. The van der Waals surface area contributed by atoms with E-state index in [1.54, 1.807) is 24.3 Å². The number of rotatable bonds is 11. The number of carbonyl (C=O) groups excluding carboxylic acids is 3. The van der Waals surface area contributed by atoms with E-state index >= 15 is 0 Å². The second-order valence-corrected chi connectivity index (χ2v) is 9.85. The average Bonchev–Trinajstić information content (AvgIpc) is 2.87. The molecule has 36 heavy (non-hydrogen) atoms. The zero-order valence-electron chi connectivity index (χ0n) is 22.1. The number of amides is 2. The number of benzene rings is 2. The van der Waals surface area contributed by atoms with Crippen molar-refractivity contribution in [3.8, 4) is 11.8 Å². The molecule has 0 heterocycles. The lowest BCUT2D eigenvalue weighted by atomic mass is 9.82. The Morgan fingerprint density at radius 3 is 2.03 bits per heavy atom. The Morgan fingerprint density at radius 1 is 0.972 bits per heavy atom. The van der Waals surface area contributed by atoms with Gasteiger partial charge < -0.3 is 15.3 Å². The van der Waals surface area contributed by atoms with E-state index in [2.05, 4.69) is 50.1 Å². The highest BCUT2D eigenvalue weighted by atomic mass is 16.3. The van der Waals surface area contributed by atoms with Crippen molar-refractivity contribution in [2.24, 2.45) is 5.41 Å². The lowest BCUT2D eigenvalue weighted by Crippen LogP contribution is -2.52. The van der Waals surface area contributed by atoms with Crippen LogP contribution in [-0.2, 0) is 16.0 Å². The van der Waals surface area contributed by atoms with Crippen molar-refractivity contribution in [1.29, 1.82) is 0 Å². The zero-order chi connectivity index (χ0) is 26.7. The topological polar surface area (TPSA) is 86.7 Å². The van der Waals surface area contributed by atoms with Crippen LogP contribution in [-0.4, -0.2) is 54.3 Å². The predicted octanol–water partition coefficient (Wildman–Crippen LogP) is 3.98. The van der Waals surface area contributed by atoms with Gasteiger partial charge in [0.25, 0.3) is 5.91 Å². The molecule has 0 aliphatic rings. The monoisotopic (exact) mass is 490 g/mol. The molecule has 1 atom stereocenters. The first-order chi connectivity index (χ1) is 17.1. The number of nitrogens with one attached hydrogen (secondary N) is 1. The predicted molar refractivity (Wildman–Crippen MR) is 143 cm³/mol. The van der Waals surface area contributed by atoms with Crippen LogP contribution >= 0.6 is 0 Å². The number of hydrogen-bond donors (Lipinski definition) is 2. The summed E-state index contributed by atoms with van der Waals surface area (Å²) in [6.45, 7) is 6.09. The van der Waals surface area contributed by atoms with Crippen LogP contribution < -0.4 is 5.32 Å². The third-order valence-electron chi connectivity index (χ3n) is 6.35. The smallest absolute Gasteiger partial charge is 0.254 e. The van der Waals surface area contributed by atoms with Crippen LogP contribution in [0.15, 0.2) is 48.5 Å². The molecule has 192 valence electrons. The first kappa shape index (κ1) is 28.8. The van der Waals surface area contributed by atoms with Gasteiger partial charge in [-0.1, -0.05) is 51.2 Å². The SMILES string of the molecule is CCCC(C)(C)CCCc1ccc(C#Cc2ccc(C(=O)N(C)C(C(=O)CO)C(=O)NC)cc2)cc1. The summed E-state index contributed by atoms with van der Waals surface area (Å²) in [6.07, 6.45) is 5.94. The van der Waals surface area contributed by atoms with Gasteiger partial charge in [-0.15, -0.1) is 0 Å². The normalized spacial score (nSPS) is 11.7. The molecule has 0 aromatic heterocycles. The van der Waals surface area contributed by atoms with Crippen molar-refractivity contribution in [3.05, 3.63) is 70.8 Å². The van der Waals surface area contributed by atoms with E-state index in [0.29, 0.717) is 11.0 Å². The van der Waals surface area contributed by atoms with Crippen LogP contribution in [0.25, 0.3) is 0 Å². The summed E-state index contributed by atoms with van der Waals surface area (Å²) in [5.74, 6) is 4.35. The highest BCUT2D eigenvalue weighted by Gasteiger charge is 2.32. The van der Waals surface area contributed by atoms with E-state index in [-0.39, 0.29) is 0 Å². The molecular formula is C30H38N2O4. The van der Waals surface area contributed by atoms with E-state index < -0.39 is 30.2 Å². The van der Waals surface area contributed by atoms with Gasteiger partial charge in [0, 0.05) is 30.8 Å². The van der Waals surface area contributed by atoms with E-state index in [9.17, 15) is 14.4 Å². The molecule has 2 N–H and O–H groups in total. The van der Waals surface area contributed by atoms with Crippen molar-refractivity contribution in [2.45, 2.75) is 58.9 Å². The summed E-state index contributed by atoms with van der Waals surface area (Å²) in [4.78, 5) is 37.8. The Kier molecular flexibility index (Phi) is 10.9. The zero-order valence-corrected chi connectivity index (χ0v) is 22.1. The maximum Gasteiger partial charge on any atom is 0.254 e. The molecule has 1 unspecified atom stereocenters. The molecule has 0 bridgehead atoms. The van der Waals surface area contributed by atoms with Crippen LogP contribution in [0.4, 0.5) is 0 Å². The fourth-order valence-electron chi connectivity index (χ4n) is 4.25. The van der Waals surface area contributed by atoms with Gasteiger partial charge in [-0.05, 0) is 73.1 Å². The number of hydrogen-bond acceptors (Lipinski definition) is 4. The molecule has 0 saturated carbocycles. The summed E-state index contributed by atoms with van der Waals surface area (Å²) >= 11 is 0. The molecule has 2 aromatic carbocycles. The van der Waals surface area contributed by atoms with Crippen molar-refractivity contribution >= 4 is 17.6 Å². The molecule has 0 radical (unpaired) electrons. The largest absolute Gasteiger partial charge is 0.388 e. The number of carbonyl (C=O) groups is 3. The number of nitrogens with zero attached hydrogens (tertiary/aromatic N) is 1. The Hall–Kier alpha value is -3.43. The Morgan fingerprint density at radius 2 is 1.53 bits per heavy atom. The fourth-order valence-corrected chi connectivity index (χ4v) is 4.25. The van der Waals surface area contributed by atoms with E-state index in [1.165, 1.54) is 45.3 Å². The van der Waals surface area contributed by atoms with Gasteiger partial charge in [-0.2, -0.15) is 0 Å². The quantitative estimate of drug-likeness (QED) is 0.368. The molecule has 0 aliphatic heterocycles. The van der Waals surface area contributed by atoms with Gasteiger partial charge in [-0.25, -0.2) is 0 Å². The summed E-state index contributed by atoms with van der Waals surface area (Å²) in [5.41, 5.74) is 3.69. The molecule has 2 rings (SSSR count). The Bertz CT molecular complexity index is 1080. The summed E-state index contributed by atoms with van der Waals surface area (Å²) < 4.78 is 0. The second-order valence-electron chi connectivity index (χ2n) is 9.85. The Balaban J connectivity index is 2.01. The molecule has 2 amide bonds. The minimum atomic E-state index is -1.39. The number of aryl methyl sites for hydroxylation is 1. The van der Waals surface area contributed by atoms with Crippen LogP contribution in [0.2, 0.25) is 0 Å². The molecule has 0 saturated heterocycles. The van der Waals surface area contributed by atoms with Crippen molar-refractivity contribution in [2.75, 3.05) is 20.7 Å². The van der Waals surface area contributed by atoms with Gasteiger partial charge in [0.15, 0.2) is 11.8 Å². The highest BCUT2D eigenvalue weighted by Crippen LogP contribution is 2.28. The van der Waals surface area contributed by atoms with Crippen molar-refractivity contribution in [3.63, 3.8) is 0 Å². The second kappa shape index (κ2) is 13.6. The van der Waals surface area contributed by atoms with Gasteiger partial charge in [-0.3, -0.25) is 14.4 Å². The van der Waals surface area contributed by atoms with Gasteiger partial charge in [0.1, 0.15) is 6.61 Å². The average molecular weight is 491 g/mol. The van der Waals surface area contributed by atoms with Crippen LogP contribution in [0.5, 0.6) is 0 Å². The lowest BCUT2D eigenvalue weighted by Gasteiger charge is -2.25. The minimum Gasteiger partial charge on any atom is -0.388 e. The number of likely N-dealkylation sites (N-methyl/N-ethyl adjacent to an activating group) is 2. The number of Topliss-reactive ketones (excluding diaryl/α,β-unsaturated/α-hetero) is 1. The van der Waals surface area contributed by atoms with Crippen LogP contribution in [0.3, 0.4) is 0 Å². The lowest BCUT2D eigenvalue weighted by molar-refractivity contribution is -0.135. The molecule has 0 spiro atoms. The van der Waals surface area contributed by atoms with E-state index in [4.69, 9.17) is 5.11 Å². The maximum atomic E-state index is 12.8. The summed E-state index contributed by atoms with van der Waals surface area (Å²) in [5, 5.41) is 11.5. The van der Waals surface area contributed by atoms with Crippen LogP contribution in [0.1, 0.15) is 73.5 Å².